The molecule has 0 aliphatic carbocycles. The van der Waals surface area contributed by atoms with Crippen molar-refractivity contribution in [3.63, 3.8) is 0 Å². The van der Waals surface area contributed by atoms with Crippen LogP contribution in [0.5, 0.6) is 0 Å². The monoisotopic (exact) mass is 404 g/mol. The van der Waals surface area contributed by atoms with Crippen LogP contribution in [0.4, 0.5) is 4.79 Å². The average molecular weight is 405 g/mol. The molecule has 1 aromatic heterocycles. The van der Waals surface area contributed by atoms with Crippen molar-refractivity contribution < 1.29 is 24.1 Å². The van der Waals surface area contributed by atoms with Crippen molar-refractivity contribution in [2.24, 2.45) is 0 Å². The number of aliphatic hydroxyl groups is 1. The van der Waals surface area contributed by atoms with E-state index in [4.69, 9.17) is 9.47 Å². The summed E-state index contributed by atoms with van der Waals surface area (Å²) in [7, 11) is 0. The Hall–Kier alpha value is -1.91. The molecule has 1 aromatic rings. The number of nitrogens with zero attached hydrogens (tertiary/aromatic N) is 1. The number of carbonyl (C=O) groups excluding carboxylic acids is 1. The van der Waals surface area contributed by atoms with Gasteiger partial charge in [0, 0.05) is 12.6 Å². The van der Waals surface area contributed by atoms with Crippen molar-refractivity contribution in [2.45, 2.75) is 31.8 Å². The van der Waals surface area contributed by atoms with Gasteiger partial charge in [0.1, 0.15) is 18.9 Å². The zero-order chi connectivity index (χ0) is 17.7. The van der Waals surface area contributed by atoms with E-state index < -0.39 is 35.8 Å². The number of halogens is 1. The maximum absolute atomic E-state index is 12.0. The van der Waals surface area contributed by atoms with Crippen LogP contribution in [0, 0.1) is 0 Å². The number of aromatic amines is 1. The molecule has 0 amide bonds. The Morgan fingerprint density at radius 3 is 2.96 bits per heavy atom. The Labute approximate surface area is 145 Å². The molecule has 1 fully saturated rings. The van der Waals surface area contributed by atoms with Crippen LogP contribution < -0.4 is 11.2 Å². The molecular formula is C14H17BrN2O7. The molecule has 0 saturated carbocycles. The SMILES string of the molecule is CCOC(=O)OC[C@H]1O[C@@H](n2cc(C=CBr)c(=O)[nH]c2=O)C[C@@H]1O. The van der Waals surface area contributed by atoms with E-state index in [9.17, 15) is 19.5 Å². The van der Waals surface area contributed by atoms with Gasteiger partial charge in [-0.2, -0.15) is 0 Å². The van der Waals surface area contributed by atoms with Gasteiger partial charge in [0.25, 0.3) is 5.56 Å². The van der Waals surface area contributed by atoms with Crippen molar-refractivity contribution in [3.8, 4) is 0 Å². The number of ether oxygens (including phenoxy) is 3. The summed E-state index contributed by atoms with van der Waals surface area (Å²) < 4.78 is 16.2. The highest BCUT2D eigenvalue weighted by Gasteiger charge is 2.36. The Bertz CT molecular complexity index is 727. The molecule has 132 valence electrons. The number of aliphatic hydroxyl groups excluding tert-OH is 1. The van der Waals surface area contributed by atoms with Crippen molar-refractivity contribution in [1.82, 2.24) is 9.55 Å². The summed E-state index contributed by atoms with van der Waals surface area (Å²) in [5.74, 6) is 0. The lowest BCUT2D eigenvalue weighted by atomic mass is 10.2. The van der Waals surface area contributed by atoms with Crippen LogP contribution in [0.25, 0.3) is 6.08 Å². The van der Waals surface area contributed by atoms with Crippen LogP contribution in [-0.2, 0) is 14.2 Å². The van der Waals surface area contributed by atoms with Gasteiger partial charge in [0.15, 0.2) is 0 Å². The zero-order valence-electron chi connectivity index (χ0n) is 12.8. The smallest absolute Gasteiger partial charge is 0.435 e. The fourth-order valence-electron chi connectivity index (χ4n) is 2.25. The summed E-state index contributed by atoms with van der Waals surface area (Å²) >= 11 is 3.06. The fraction of sp³-hybridized carbons (Fsp3) is 0.500. The highest BCUT2D eigenvalue weighted by atomic mass is 79.9. The Morgan fingerprint density at radius 2 is 2.29 bits per heavy atom. The molecule has 3 atom stereocenters. The van der Waals surface area contributed by atoms with E-state index in [0.717, 1.165) is 0 Å². The molecule has 0 unspecified atom stereocenters. The largest absolute Gasteiger partial charge is 0.508 e. The molecule has 10 heteroatoms. The third kappa shape index (κ3) is 4.34. The molecule has 1 saturated heterocycles. The van der Waals surface area contributed by atoms with E-state index in [1.165, 1.54) is 21.8 Å². The van der Waals surface area contributed by atoms with E-state index in [1.807, 2.05) is 0 Å². The lowest BCUT2D eigenvalue weighted by molar-refractivity contribution is -0.0583. The zero-order valence-corrected chi connectivity index (χ0v) is 14.4. The van der Waals surface area contributed by atoms with Gasteiger partial charge in [0.05, 0.1) is 18.3 Å². The van der Waals surface area contributed by atoms with Crippen LogP contribution in [0.2, 0.25) is 0 Å². The van der Waals surface area contributed by atoms with Gasteiger partial charge in [-0.15, -0.1) is 0 Å². The predicted octanol–water partition coefficient (Wildman–Crippen LogP) is 0.724. The molecule has 9 nitrogen and oxygen atoms in total. The minimum Gasteiger partial charge on any atom is -0.435 e. The minimum atomic E-state index is -0.932. The van der Waals surface area contributed by atoms with E-state index in [1.54, 1.807) is 6.92 Å². The fourth-order valence-corrected chi connectivity index (χ4v) is 2.53. The number of hydrogen-bond donors (Lipinski definition) is 2. The quantitative estimate of drug-likeness (QED) is 0.693. The summed E-state index contributed by atoms with van der Waals surface area (Å²) in [4.78, 5) is 38.4. The van der Waals surface area contributed by atoms with Crippen LogP contribution >= 0.6 is 15.9 Å². The number of rotatable bonds is 5. The van der Waals surface area contributed by atoms with Gasteiger partial charge < -0.3 is 19.3 Å². The van der Waals surface area contributed by atoms with Crippen molar-refractivity contribution in [2.75, 3.05) is 13.2 Å². The molecule has 1 aliphatic rings. The first-order valence-corrected chi connectivity index (χ1v) is 8.13. The highest BCUT2D eigenvalue weighted by molar-refractivity contribution is 9.11. The summed E-state index contributed by atoms with van der Waals surface area (Å²) in [5, 5.41) is 10.0. The molecule has 1 aliphatic heterocycles. The second kappa shape index (κ2) is 8.27. The molecule has 2 heterocycles. The van der Waals surface area contributed by atoms with Gasteiger partial charge in [-0.25, -0.2) is 9.59 Å². The van der Waals surface area contributed by atoms with Crippen molar-refractivity contribution in [1.29, 1.82) is 0 Å². The first-order valence-electron chi connectivity index (χ1n) is 7.21. The van der Waals surface area contributed by atoms with Crippen LogP contribution in [0.15, 0.2) is 20.8 Å². The van der Waals surface area contributed by atoms with Crippen molar-refractivity contribution >= 4 is 28.2 Å². The molecule has 0 spiro atoms. The van der Waals surface area contributed by atoms with Crippen LogP contribution in [0.1, 0.15) is 25.1 Å². The van der Waals surface area contributed by atoms with E-state index >= 15 is 0 Å². The lowest BCUT2D eigenvalue weighted by Crippen LogP contribution is -2.33. The maximum atomic E-state index is 12.0. The van der Waals surface area contributed by atoms with Crippen LogP contribution in [0.3, 0.4) is 0 Å². The lowest BCUT2D eigenvalue weighted by Gasteiger charge is -2.16. The van der Waals surface area contributed by atoms with Gasteiger partial charge in [0.2, 0.25) is 0 Å². The normalized spacial score (nSPS) is 23.5. The summed E-state index contributed by atoms with van der Waals surface area (Å²) in [6, 6.07) is 0. The molecule has 2 rings (SSSR count). The molecular weight excluding hydrogens is 388 g/mol. The third-order valence-electron chi connectivity index (χ3n) is 3.38. The number of hydrogen-bond acceptors (Lipinski definition) is 7. The van der Waals surface area contributed by atoms with Crippen LogP contribution in [-0.4, -0.2) is 46.2 Å². The first-order chi connectivity index (χ1) is 11.5. The van der Waals surface area contributed by atoms with E-state index in [2.05, 4.69) is 25.7 Å². The number of H-pyrrole nitrogens is 1. The summed E-state index contributed by atoms with van der Waals surface area (Å²) in [6.45, 7) is 1.61. The third-order valence-corrected chi connectivity index (χ3v) is 3.64. The Kier molecular flexibility index (Phi) is 6.35. The Balaban J connectivity index is 2.11. The molecule has 0 radical (unpaired) electrons. The van der Waals surface area contributed by atoms with E-state index in [0.29, 0.717) is 0 Å². The van der Waals surface area contributed by atoms with Gasteiger partial charge in [-0.3, -0.25) is 14.3 Å². The van der Waals surface area contributed by atoms with Gasteiger partial charge in [-0.05, 0) is 18.0 Å². The summed E-state index contributed by atoms with van der Waals surface area (Å²) in [5.41, 5.74) is -0.945. The second-order valence-electron chi connectivity index (χ2n) is 4.97. The van der Waals surface area contributed by atoms with E-state index in [-0.39, 0.29) is 25.2 Å². The predicted molar refractivity (Wildman–Crippen MR) is 86.8 cm³/mol. The molecule has 0 bridgehead atoms. The summed E-state index contributed by atoms with van der Waals surface area (Å²) in [6.07, 6.45) is -0.454. The number of nitrogens with one attached hydrogen (secondary N) is 1. The average Bonchev–Trinajstić information content (AvgIpc) is 2.89. The highest BCUT2D eigenvalue weighted by Crippen LogP contribution is 2.27. The van der Waals surface area contributed by atoms with Crippen molar-refractivity contribution in [3.05, 3.63) is 37.6 Å². The van der Waals surface area contributed by atoms with Gasteiger partial charge >= 0.3 is 11.8 Å². The number of carbonyl (C=O) groups is 1. The second-order valence-corrected chi connectivity index (χ2v) is 5.50. The topological polar surface area (TPSA) is 120 Å². The maximum Gasteiger partial charge on any atom is 0.508 e. The Morgan fingerprint density at radius 1 is 1.54 bits per heavy atom. The number of aromatic nitrogens is 2. The standard InChI is InChI=1S/C14H17BrN2O7/c1-2-22-14(21)23-7-10-9(18)5-11(24-10)17-6-8(3-4-15)12(19)16-13(17)20/h3-4,6,9-11,18H,2,5,7H2,1H3,(H,16,19,20)/t9-,10+,11+/m0/s1. The molecule has 2 N–H and O–H groups in total. The molecule has 0 aromatic carbocycles. The molecule has 24 heavy (non-hydrogen) atoms. The van der Waals surface area contributed by atoms with Gasteiger partial charge in [-0.1, -0.05) is 15.9 Å². The minimum absolute atomic E-state index is 0.111. The first kappa shape index (κ1) is 18.4.